The third-order valence-electron chi connectivity index (χ3n) is 6.82. The van der Waals surface area contributed by atoms with E-state index >= 15 is 0 Å². The molecule has 1 amide bonds. The summed E-state index contributed by atoms with van der Waals surface area (Å²) < 4.78 is 2.30. The molecular formula is C24H34ClN3O. The largest absolute Gasteiger partial charge is 0.353 e. The van der Waals surface area contributed by atoms with Crippen LogP contribution in [0.4, 0.5) is 0 Å². The van der Waals surface area contributed by atoms with Crippen molar-refractivity contribution in [2.24, 2.45) is 5.92 Å². The van der Waals surface area contributed by atoms with Crippen molar-refractivity contribution in [3.8, 4) is 0 Å². The molecular weight excluding hydrogens is 382 g/mol. The van der Waals surface area contributed by atoms with Gasteiger partial charge >= 0.3 is 0 Å². The Balaban J connectivity index is 1.33. The highest BCUT2D eigenvalue weighted by Crippen LogP contribution is 2.28. The Kier molecular flexibility index (Phi) is 6.81. The fourth-order valence-electron chi connectivity index (χ4n) is 5.07. The molecule has 0 radical (unpaired) electrons. The molecule has 0 atom stereocenters. The van der Waals surface area contributed by atoms with Crippen molar-refractivity contribution in [2.75, 3.05) is 13.1 Å². The summed E-state index contributed by atoms with van der Waals surface area (Å²) in [6.45, 7) is 6.04. The van der Waals surface area contributed by atoms with Crippen LogP contribution >= 0.6 is 11.6 Å². The third kappa shape index (κ3) is 4.97. The first-order valence-corrected chi connectivity index (χ1v) is 11.8. The number of carbonyl (C=O) groups is 1. The second-order valence-electron chi connectivity index (χ2n) is 8.85. The Morgan fingerprint density at radius 2 is 1.83 bits per heavy atom. The van der Waals surface area contributed by atoms with Crippen LogP contribution in [0, 0.1) is 5.92 Å². The topological polar surface area (TPSA) is 37.3 Å². The first kappa shape index (κ1) is 20.7. The van der Waals surface area contributed by atoms with E-state index in [0.717, 1.165) is 56.9 Å². The molecule has 1 aromatic heterocycles. The minimum absolute atomic E-state index is 0.181. The number of hydrogen-bond donors (Lipinski definition) is 1. The predicted octanol–water partition coefficient (Wildman–Crippen LogP) is 5.37. The van der Waals surface area contributed by atoms with Crippen LogP contribution in [0.25, 0.3) is 10.9 Å². The van der Waals surface area contributed by atoms with Crippen molar-refractivity contribution < 1.29 is 4.79 Å². The predicted molar refractivity (Wildman–Crippen MR) is 120 cm³/mol. The molecule has 2 fully saturated rings. The average Bonchev–Trinajstić information content (AvgIpc) is 2.89. The van der Waals surface area contributed by atoms with Crippen LogP contribution < -0.4 is 5.32 Å². The molecule has 1 saturated heterocycles. The van der Waals surface area contributed by atoms with Crippen LogP contribution in [-0.4, -0.2) is 34.5 Å². The number of piperidine rings is 1. The Bertz CT molecular complexity index is 830. The highest BCUT2D eigenvalue weighted by atomic mass is 35.5. The van der Waals surface area contributed by atoms with Gasteiger partial charge in [0.05, 0.1) is 0 Å². The quantitative estimate of drug-likeness (QED) is 0.667. The van der Waals surface area contributed by atoms with Gasteiger partial charge in [-0.3, -0.25) is 9.69 Å². The van der Waals surface area contributed by atoms with Gasteiger partial charge in [0.2, 0.25) is 5.91 Å². The lowest BCUT2D eigenvalue weighted by Gasteiger charge is -2.32. The highest BCUT2D eigenvalue weighted by molar-refractivity contribution is 6.31. The van der Waals surface area contributed by atoms with Crippen LogP contribution in [0.3, 0.4) is 0 Å². The molecule has 1 aliphatic carbocycles. The smallest absolute Gasteiger partial charge is 0.223 e. The zero-order chi connectivity index (χ0) is 20.2. The molecule has 0 unspecified atom stereocenters. The number of amides is 1. The van der Waals surface area contributed by atoms with Crippen molar-refractivity contribution >= 4 is 28.4 Å². The number of rotatable bonds is 5. The van der Waals surface area contributed by atoms with Crippen molar-refractivity contribution in [3.05, 3.63) is 35.0 Å². The monoisotopic (exact) mass is 415 g/mol. The number of carbonyl (C=O) groups excluding carboxylic acids is 1. The lowest BCUT2D eigenvalue weighted by Crippen LogP contribution is -2.43. The van der Waals surface area contributed by atoms with Crippen molar-refractivity contribution in [2.45, 2.75) is 77.4 Å². The van der Waals surface area contributed by atoms with E-state index in [4.69, 9.17) is 11.6 Å². The summed E-state index contributed by atoms with van der Waals surface area (Å²) in [7, 11) is 0. The standard InChI is InChI=1S/C24H34ClN3O/c1-2-28-17-19(22-15-20(25)9-10-23(22)28)16-27-13-11-18(12-14-27)24(29)26-21-7-5-3-4-6-8-21/h9-10,15,17-18,21H,2-8,11-14,16H2,1H3,(H,26,29). The van der Waals surface area contributed by atoms with Gasteiger partial charge in [0, 0.05) is 47.2 Å². The number of benzene rings is 1. The minimum Gasteiger partial charge on any atom is -0.353 e. The lowest BCUT2D eigenvalue weighted by molar-refractivity contribution is -0.127. The molecule has 5 heteroatoms. The molecule has 2 heterocycles. The molecule has 4 rings (SSSR count). The van der Waals surface area contributed by atoms with Gasteiger partial charge in [-0.25, -0.2) is 0 Å². The molecule has 1 saturated carbocycles. The highest BCUT2D eigenvalue weighted by Gasteiger charge is 2.27. The third-order valence-corrected chi connectivity index (χ3v) is 7.06. The number of likely N-dealkylation sites (tertiary alicyclic amines) is 1. The molecule has 2 aromatic rings. The van der Waals surface area contributed by atoms with E-state index in [1.807, 2.05) is 6.07 Å². The fourth-order valence-corrected chi connectivity index (χ4v) is 5.24. The van der Waals surface area contributed by atoms with Gasteiger partial charge in [-0.05, 0) is 69.5 Å². The van der Waals surface area contributed by atoms with Crippen LogP contribution in [0.2, 0.25) is 5.02 Å². The van der Waals surface area contributed by atoms with E-state index in [-0.39, 0.29) is 5.92 Å². The zero-order valence-electron chi connectivity index (χ0n) is 17.6. The van der Waals surface area contributed by atoms with Gasteiger partial charge in [0.25, 0.3) is 0 Å². The van der Waals surface area contributed by atoms with Gasteiger partial charge in [-0.1, -0.05) is 37.3 Å². The number of nitrogens with one attached hydrogen (secondary N) is 1. The number of hydrogen-bond acceptors (Lipinski definition) is 2. The van der Waals surface area contributed by atoms with Crippen molar-refractivity contribution in [1.82, 2.24) is 14.8 Å². The molecule has 158 valence electrons. The number of fused-ring (bicyclic) bond motifs is 1. The van der Waals surface area contributed by atoms with E-state index < -0.39 is 0 Å². The summed E-state index contributed by atoms with van der Waals surface area (Å²) in [4.78, 5) is 15.2. The summed E-state index contributed by atoms with van der Waals surface area (Å²) >= 11 is 6.26. The Morgan fingerprint density at radius 1 is 1.10 bits per heavy atom. The van der Waals surface area contributed by atoms with Crippen LogP contribution in [-0.2, 0) is 17.9 Å². The van der Waals surface area contributed by atoms with E-state index in [0.29, 0.717) is 11.9 Å². The molecule has 0 bridgehead atoms. The second-order valence-corrected chi connectivity index (χ2v) is 9.29. The first-order valence-electron chi connectivity index (χ1n) is 11.4. The van der Waals surface area contributed by atoms with E-state index in [1.54, 1.807) is 0 Å². The summed E-state index contributed by atoms with van der Waals surface area (Å²) in [5.74, 6) is 0.479. The molecule has 4 nitrogen and oxygen atoms in total. The molecule has 0 spiro atoms. The van der Waals surface area contributed by atoms with E-state index in [2.05, 4.69) is 40.0 Å². The molecule has 29 heavy (non-hydrogen) atoms. The molecule has 1 aromatic carbocycles. The lowest BCUT2D eigenvalue weighted by atomic mass is 9.94. The van der Waals surface area contributed by atoms with Gasteiger partial charge in [-0.2, -0.15) is 0 Å². The summed E-state index contributed by atoms with van der Waals surface area (Å²) in [5, 5.41) is 5.41. The molecule has 1 N–H and O–H groups in total. The number of aryl methyl sites for hydroxylation is 1. The Labute approximate surface area is 179 Å². The van der Waals surface area contributed by atoms with Crippen LogP contribution in [0.1, 0.15) is 63.9 Å². The maximum Gasteiger partial charge on any atom is 0.223 e. The zero-order valence-corrected chi connectivity index (χ0v) is 18.4. The van der Waals surface area contributed by atoms with Gasteiger partial charge in [0.15, 0.2) is 0 Å². The first-order chi connectivity index (χ1) is 14.1. The summed E-state index contributed by atoms with van der Waals surface area (Å²) in [6.07, 6.45) is 11.7. The SMILES string of the molecule is CCn1cc(CN2CCC(C(=O)NC3CCCCCC3)CC2)c2cc(Cl)ccc21. The average molecular weight is 416 g/mol. The minimum atomic E-state index is 0.181. The van der Waals surface area contributed by atoms with E-state index in [9.17, 15) is 4.79 Å². The second kappa shape index (κ2) is 9.53. The Hall–Kier alpha value is -1.52. The summed E-state index contributed by atoms with van der Waals surface area (Å²) in [5.41, 5.74) is 2.59. The number of halogens is 1. The fraction of sp³-hybridized carbons (Fsp3) is 0.625. The van der Waals surface area contributed by atoms with Gasteiger partial charge in [0.1, 0.15) is 0 Å². The van der Waals surface area contributed by atoms with Crippen LogP contribution in [0.15, 0.2) is 24.4 Å². The summed E-state index contributed by atoms with van der Waals surface area (Å²) in [6, 6.07) is 6.59. The number of nitrogens with zero attached hydrogens (tertiary/aromatic N) is 2. The maximum absolute atomic E-state index is 12.8. The van der Waals surface area contributed by atoms with Crippen molar-refractivity contribution in [1.29, 1.82) is 0 Å². The van der Waals surface area contributed by atoms with Crippen molar-refractivity contribution in [3.63, 3.8) is 0 Å². The van der Waals surface area contributed by atoms with E-state index in [1.165, 1.54) is 42.1 Å². The number of aromatic nitrogens is 1. The van der Waals surface area contributed by atoms with Gasteiger partial charge < -0.3 is 9.88 Å². The van der Waals surface area contributed by atoms with Crippen LogP contribution in [0.5, 0.6) is 0 Å². The normalized spacial score (nSPS) is 20.1. The molecule has 2 aliphatic rings. The maximum atomic E-state index is 12.8. The van der Waals surface area contributed by atoms with Gasteiger partial charge in [-0.15, -0.1) is 0 Å². The molecule has 1 aliphatic heterocycles. The Morgan fingerprint density at radius 3 is 2.52 bits per heavy atom.